The average Bonchev–Trinajstić information content (AvgIpc) is 1.99. The summed E-state index contributed by atoms with van der Waals surface area (Å²) in [6.45, 7) is 11.3. The Labute approximate surface area is 86.4 Å². The second-order valence-corrected chi connectivity index (χ2v) is 5.22. The number of hydrogen-bond donors (Lipinski definition) is 0. The lowest BCUT2D eigenvalue weighted by Gasteiger charge is -2.38. The van der Waals surface area contributed by atoms with Crippen molar-refractivity contribution in [1.82, 2.24) is 4.90 Å². The van der Waals surface area contributed by atoms with E-state index in [0.29, 0.717) is 0 Å². The summed E-state index contributed by atoms with van der Waals surface area (Å²) in [7, 11) is 0. The molecule has 0 aromatic carbocycles. The molecule has 0 N–H and O–H groups in total. The predicted octanol–water partition coefficient (Wildman–Crippen LogP) is 1.67. The number of ether oxygens (including phenoxy) is 1. The topological polar surface area (TPSA) is 29.5 Å². The number of carbonyl (C=O) groups excluding carboxylic acids is 1. The van der Waals surface area contributed by atoms with E-state index in [0.717, 1.165) is 13.1 Å². The van der Waals surface area contributed by atoms with Crippen LogP contribution in [0, 0.1) is 5.41 Å². The Bertz CT molecular complexity index is 210. The minimum absolute atomic E-state index is 0.157. The maximum atomic E-state index is 12.0. The molecule has 2 atom stereocenters. The van der Waals surface area contributed by atoms with E-state index >= 15 is 0 Å². The van der Waals surface area contributed by atoms with E-state index in [4.69, 9.17) is 4.74 Å². The number of morpholine rings is 1. The van der Waals surface area contributed by atoms with Gasteiger partial charge in [-0.1, -0.05) is 20.8 Å². The number of hydrogen-bond acceptors (Lipinski definition) is 2. The summed E-state index contributed by atoms with van der Waals surface area (Å²) in [6, 6.07) is 0. The second-order valence-electron chi connectivity index (χ2n) is 5.22. The fourth-order valence-corrected chi connectivity index (χ4v) is 1.82. The Hall–Kier alpha value is -0.570. The molecule has 1 rings (SSSR count). The molecule has 0 saturated carbocycles. The third-order valence-corrected chi connectivity index (χ3v) is 2.35. The van der Waals surface area contributed by atoms with Gasteiger partial charge in [-0.3, -0.25) is 4.79 Å². The van der Waals surface area contributed by atoms with Gasteiger partial charge in [0, 0.05) is 18.5 Å². The van der Waals surface area contributed by atoms with Crippen molar-refractivity contribution in [2.75, 3.05) is 13.1 Å². The van der Waals surface area contributed by atoms with Gasteiger partial charge in [0.15, 0.2) is 0 Å². The lowest BCUT2D eigenvalue weighted by molar-refractivity contribution is -0.151. The third kappa shape index (κ3) is 2.71. The van der Waals surface area contributed by atoms with Crippen molar-refractivity contribution in [2.24, 2.45) is 5.41 Å². The summed E-state index contributed by atoms with van der Waals surface area (Å²) in [5, 5.41) is 0. The van der Waals surface area contributed by atoms with E-state index in [2.05, 4.69) is 0 Å². The van der Waals surface area contributed by atoms with Gasteiger partial charge >= 0.3 is 0 Å². The van der Waals surface area contributed by atoms with Gasteiger partial charge < -0.3 is 9.64 Å². The van der Waals surface area contributed by atoms with E-state index in [9.17, 15) is 4.79 Å². The zero-order chi connectivity index (χ0) is 10.9. The molecule has 1 saturated heterocycles. The van der Waals surface area contributed by atoms with Crippen molar-refractivity contribution < 1.29 is 9.53 Å². The van der Waals surface area contributed by atoms with Gasteiger partial charge in [0.1, 0.15) is 0 Å². The molecular weight excluding hydrogens is 178 g/mol. The standard InChI is InChI=1S/C11H21NO2/c1-8-6-12(7-9(2)14-8)10(13)11(3,4)5/h8-9H,6-7H2,1-5H3. The maximum absolute atomic E-state index is 12.0. The molecule has 1 fully saturated rings. The summed E-state index contributed by atoms with van der Waals surface area (Å²) in [5.74, 6) is 0.222. The van der Waals surface area contributed by atoms with E-state index in [1.807, 2.05) is 39.5 Å². The molecule has 0 aliphatic carbocycles. The van der Waals surface area contributed by atoms with Crippen LogP contribution < -0.4 is 0 Å². The van der Waals surface area contributed by atoms with Gasteiger partial charge in [0.25, 0.3) is 0 Å². The molecular formula is C11H21NO2. The summed E-state index contributed by atoms with van der Waals surface area (Å²) in [5.41, 5.74) is -0.281. The first-order valence-corrected chi connectivity index (χ1v) is 5.25. The normalized spacial score (nSPS) is 29.1. The zero-order valence-corrected chi connectivity index (χ0v) is 9.83. The summed E-state index contributed by atoms with van der Waals surface area (Å²) in [6.07, 6.45) is 0.315. The molecule has 3 heteroatoms. The van der Waals surface area contributed by atoms with Gasteiger partial charge in [-0.25, -0.2) is 0 Å². The molecule has 14 heavy (non-hydrogen) atoms. The molecule has 0 radical (unpaired) electrons. The summed E-state index contributed by atoms with van der Waals surface area (Å²) >= 11 is 0. The van der Waals surface area contributed by atoms with Crippen LogP contribution >= 0.6 is 0 Å². The monoisotopic (exact) mass is 199 g/mol. The Morgan fingerprint density at radius 2 is 1.64 bits per heavy atom. The highest BCUT2D eigenvalue weighted by atomic mass is 16.5. The van der Waals surface area contributed by atoms with Gasteiger partial charge in [0.2, 0.25) is 5.91 Å². The van der Waals surface area contributed by atoms with E-state index in [1.165, 1.54) is 0 Å². The van der Waals surface area contributed by atoms with Crippen molar-refractivity contribution in [2.45, 2.75) is 46.8 Å². The van der Waals surface area contributed by atoms with E-state index in [-0.39, 0.29) is 23.5 Å². The highest BCUT2D eigenvalue weighted by Crippen LogP contribution is 2.20. The van der Waals surface area contributed by atoms with Crippen LogP contribution in [0.2, 0.25) is 0 Å². The molecule has 1 amide bonds. The van der Waals surface area contributed by atoms with Crippen LogP contribution in [0.15, 0.2) is 0 Å². The lowest BCUT2D eigenvalue weighted by Crippen LogP contribution is -2.51. The molecule has 0 aromatic heterocycles. The quantitative estimate of drug-likeness (QED) is 0.594. The summed E-state index contributed by atoms with van der Waals surface area (Å²) in [4.78, 5) is 13.9. The van der Waals surface area contributed by atoms with E-state index in [1.54, 1.807) is 0 Å². The first-order chi connectivity index (χ1) is 6.30. The molecule has 0 bridgehead atoms. The van der Waals surface area contributed by atoms with Crippen LogP contribution in [0.1, 0.15) is 34.6 Å². The van der Waals surface area contributed by atoms with E-state index < -0.39 is 0 Å². The minimum Gasteiger partial charge on any atom is -0.372 e. The SMILES string of the molecule is CC1CN(C(=O)C(C)(C)C)CC(C)O1. The van der Waals surface area contributed by atoms with Crippen LogP contribution in [0.4, 0.5) is 0 Å². The fourth-order valence-electron chi connectivity index (χ4n) is 1.82. The zero-order valence-electron chi connectivity index (χ0n) is 9.83. The molecule has 1 heterocycles. The van der Waals surface area contributed by atoms with Crippen LogP contribution in [-0.4, -0.2) is 36.1 Å². The molecule has 1 aliphatic rings. The molecule has 3 nitrogen and oxygen atoms in total. The largest absolute Gasteiger partial charge is 0.372 e. The smallest absolute Gasteiger partial charge is 0.228 e. The summed E-state index contributed by atoms with van der Waals surface area (Å²) < 4.78 is 5.59. The third-order valence-electron chi connectivity index (χ3n) is 2.35. The van der Waals surface area contributed by atoms with Crippen LogP contribution in [0.3, 0.4) is 0 Å². The first-order valence-electron chi connectivity index (χ1n) is 5.25. The van der Waals surface area contributed by atoms with Gasteiger partial charge in [-0.2, -0.15) is 0 Å². The van der Waals surface area contributed by atoms with Crippen molar-refractivity contribution in [3.8, 4) is 0 Å². The van der Waals surface area contributed by atoms with Gasteiger partial charge in [0.05, 0.1) is 12.2 Å². The predicted molar refractivity (Wildman–Crippen MR) is 56.0 cm³/mol. The Morgan fingerprint density at radius 3 is 2.00 bits per heavy atom. The number of amides is 1. The van der Waals surface area contributed by atoms with Crippen molar-refractivity contribution in [3.63, 3.8) is 0 Å². The van der Waals surface area contributed by atoms with Gasteiger partial charge in [-0.05, 0) is 13.8 Å². The van der Waals surface area contributed by atoms with Crippen molar-refractivity contribution in [3.05, 3.63) is 0 Å². The molecule has 82 valence electrons. The van der Waals surface area contributed by atoms with Crippen LogP contribution in [0.5, 0.6) is 0 Å². The number of nitrogens with zero attached hydrogens (tertiary/aromatic N) is 1. The Balaban J connectivity index is 2.64. The van der Waals surface area contributed by atoms with Crippen LogP contribution in [0.25, 0.3) is 0 Å². The number of carbonyl (C=O) groups is 1. The fraction of sp³-hybridized carbons (Fsp3) is 0.909. The highest BCUT2D eigenvalue weighted by Gasteiger charge is 2.32. The Morgan fingerprint density at radius 1 is 1.21 bits per heavy atom. The molecule has 0 aromatic rings. The highest BCUT2D eigenvalue weighted by molar-refractivity contribution is 5.81. The lowest BCUT2D eigenvalue weighted by atomic mass is 9.94. The van der Waals surface area contributed by atoms with Crippen LogP contribution in [-0.2, 0) is 9.53 Å². The second kappa shape index (κ2) is 3.89. The molecule has 1 aliphatic heterocycles. The van der Waals surface area contributed by atoms with Gasteiger partial charge in [-0.15, -0.1) is 0 Å². The van der Waals surface area contributed by atoms with Crippen molar-refractivity contribution in [1.29, 1.82) is 0 Å². The molecule has 0 spiro atoms. The Kier molecular flexibility index (Phi) is 3.20. The minimum atomic E-state index is -0.281. The first kappa shape index (κ1) is 11.5. The van der Waals surface area contributed by atoms with Crippen molar-refractivity contribution >= 4 is 5.91 Å². The maximum Gasteiger partial charge on any atom is 0.228 e. The number of rotatable bonds is 0. The molecule has 2 unspecified atom stereocenters. The average molecular weight is 199 g/mol.